The van der Waals surface area contributed by atoms with E-state index in [9.17, 15) is 18.0 Å². The lowest BCUT2D eigenvalue weighted by atomic mass is 9.95. The predicted molar refractivity (Wildman–Crippen MR) is 169 cm³/mol. The number of halogens is 4. The number of carbonyl (C=O) groups is 2. The fraction of sp³-hybridized carbons (Fsp3) is 0.333. The Morgan fingerprint density at radius 3 is 2.12 bits per heavy atom. The molecule has 0 heterocycles. The van der Waals surface area contributed by atoms with Gasteiger partial charge >= 0.3 is 0 Å². The summed E-state index contributed by atoms with van der Waals surface area (Å²) in [5, 5.41) is 4.35. The normalized spacial score (nSPS) is 14.7. The Morgan fingerprint density at radius 1 is 0.881 bits per heavy atom. The quantitative estimate of drug-likeness (QED) is 0.244. The minimum absolute atomic E-state index is 0.0165. The van der Waals surface area contributed by atoms with Gasteiger partial charge in [0.05, 0.1) is 10.6 Å². The van der Waals surface area contributed by atoms with Crippen LogP contribution in [0.1, 0.15) is 44.6 Å². The maximum Gasteiger partial charge on any atom is 0.264 e. The van der Waals surface area contributed by atoms with E-state index in [0.717, 1.165) is 36.4 Å². The fourth-order valence-corrected chi connectivity index (χ4v) is 7.13. The van der Waals surface area contributed by atoms with Gasteiger partial charge in [0.25, 0.3) is 10.0 Å². The molecule has 1 fully saturated rings. The zero-order chi connectivity index (χ0) is 30.4. The maximum atomic E-state index is 14.1. The third-order valence-corrected chi connectivity index (χ3v) is 10.3. The van der Waals surface area contributed by atoms with Gasteiger partial charge in [0, 0.05) is 38.2 Å². The minimum Gasteiger partial charge on any atom is -0.352 e. The molecule has 0 aromatic heterocycles. The summed E-state index contributed by atoms with van der Waals surface area (Å²) in [6.45, 7) is 0.883. The van der Waals surface area contributed by atoms with E-state index in [0.29, 0.717) is 20.6 Å². The molecule has 0 unspecified atom stereocenters. The van der Waals surface area contributed by atoms with Crippen molar-refractivity contribution in [1.29, 1.82) is 0 Å². The molecule has 3 aromatic rings. The first-order valence-electron chi connectivity index (χ1n) is 13.5. The van der Waals surface area contributed by atoms with E-state index in [4.69, 9.17) is 46.4 Å². The number of amides is 2. The highest BCUT2D eigenvalue weighted by Crippen LogP contribution is 2.30. The highest BCUT2D eigenvalue weighted by molar-refractivity contribution is 7.92. The van der Waals surface area contributed by atoms with Crippen LogP contribution in [0.25, 0.3) is 0 Å². The van der Waals surface area contributed by atoms with Crippen molar-refractivity contribution in [2.75, 3.05) is 10.8 Å². The van der Waals surface area contributed by atoms with Gasteiger partial charge in [-0.15, -0.1) is 0 Å². The van der Waals surface area contributed by atoms with Crippen LogP contribution < -0.4 is 9.62 Å². The predicted octanol–water partition coefficient (Wildman–Crippen LogP) is 7.36. The van der Waals surface area contributed by atoms with Crippen LogP contribution in [0, 0.1) is 0 Å². The summed E-state index contributed by atoms with van der Waals surface area (Å²) in [4.78, 5) is 28.8. The molecule has 1 atom stereocenters. The van der Waals surface area contributed by atoms with Crippen molar-refractivity contribution in [2.45, 2.75) is 62.6 Å². The van der Waals surface area contributed by atoms with Crippen molar-refractivity contribution < 1.29 is 18.0 Å². The average molecular weight is 671 g/mol. The zero-order valence-electron chi connectivity index (χ0n) is 22.9. The molecule has 0 radical (unpaired) electrons. The van der Waals surface area contributed by atoms with Gasteiger partial charge < -0.3 is 10.2 Å². The lowest BCUT2D eigenvalue weighted by Crippen LogP contribution is -2.53. The van der Waals surface area contributed by atoms with Crippen LogP contribution in [0.3, 0.4) is 0 Å². The number of sulfonamides is 1. The highest BCUT2D eigenvalue weighted by Gasteiger charge is 2.34. The molecule has 1 saturated carbocycles. The largest absolute Gasteiger partial charge is 0.352 e. The third kappa shape index (κ3) is 7.91. The number of nitrogens with one attached hydrogen (secondary N) is 1. The topological polar surface area (TPSA) is 86.8 Å². The summed E-state index contributed by atoms with van der Waals surface area (Å²) < 4.78 is 28.8. The van der Waals surface area contributed by atoms with E-state index >= 15 is 0 Å². The summed E-state index contributed by atoms with van der Waals surface area (Å²) in [7, 11) is -4.26. The smallest absolute Gasteiger partial charge is 0.264 e. The van der Waals surface area contributed by atoms with Gasteiger partial charge in [-0.05, 0) is 74.4 Å². The molecule has 0 spiro atoms. The first-order chi connectivity index (χ1) is 20.0. The van der Waals surface area contributed by atoms with Gasteiger partial charge in [-0.2, -0.15) is 0 Å². The van der Waals surface area contributed by atoms with E-state index in [1.54, 1.807) is 43.3 Å². The standard InChI is InChI=1S/C30H31Cl4N3O4S/c1-20(30(39)35-23-8-3-2-4-9-23)36(18-26-27(33)11-6-12-28(26)34)29(38)19-37(24-10-5-7-22(32)17-24)42(40,41)25-15-13-21(31)14-16-25/h5-7,10-17,20,23H,2-4,8-9,18-19H2,1H3,(H,35,39)/t20-/m0/s1. The Morgan fingerprint density at radius 2 is 1.50 bits per heavy atom. The molecule has 12 heteroatoms. The van der Waals surface area contributed by atoms with Crippen molar-refractivity contribution in [3.05, 3.63) is 92.4 Å². The molecule has 7 nitrogen and oxygen atoms in total. The van der Waals surface area contributed by atoms with Crippen molar-refractivity contribution in [2.24, 2.45) is 0 Å². The number of hydrogen-bond donors (Lipinski definition) is 1. The van der Waals surface area contributed by atoms with Gasteiger partial charge in [-0.1, -0.05) is 77.8 Å². The maximum absolute atomic E-state index is 14.1. The van der Waals surface area contributed by atoms with E-state index in [1.807, 2.05) is 0 Å². The number of rotatable bonds is 10. The Hall–Kier alpha value is -2.49. The molecule has 0 bridgehead atoms. The van der Waals surface area contributed by atoms with E-state index in [2.05, 4.69) is 5.32 Å². The molecule has 1 aliphatic carbocycles. The molecule has 1 aliphatic rings. The minimum atomic E-state index is -4.26. The Labute approximate surface area is 266 Å². The van der Waals surface area contributed by atoms with E-state index < -0.39 is 28.5 Å². The second-order valence-corrected chi connectivity index (χ2v) is 13.7. The first-order valence-corrected chi connectivity index (χ1v) is 16.5. The van der Waals surface area contributed by atoms with Crippen LogP contribution in [-0.4, -0.2) is 43.8 Å². The van der Waals surface area contributed by atoms with Crippen LogP contribution in [0.5, 0.6) is 0 Å². The third-order valence-electron chi connectivity index (χ3n) is 7.29. The molecular formula is C30H31Cl4N3O4S. The SMILES string of the molecule is C[C@@H](C(=O)NC1CCCCC1)N(Cc1c(Cl)cccc1Cl)C(=O)CN(c1cccc(Cl)c1)S(=O)(=O)c1ccc(Cl)cc1. The summed E-state index contributed by atoms with van der Waals surface area (Å²) in [5.74, 6) is -0.969. The summed E-state index contributed by atoms with van der Waals surface area (Å²) >= 11 is 25.1. The highest BCUT2D eigenvalue weighted by atomic mass is 35.5. The van der Waals surface area contributed by atoms with Crippen LogP contribution in [-0.2, 0) is 26.2 Å². The second kappa shape index (κ2) is 14.3. The van der Waals surface area contributed by atoms with Crippen molar-refractivity contribution >= 4 is 73.9 Å². The number of carbonyl (C=O) groups excluding carboxylic acids is 2. The monoisotopic (exact) mass is 669 g/mol. The average Bonchev–Trinajstić information content (AvgIpc) is 2.96. The Balaban J connectivity index is 1.71. The molecule has 2 amide bonds. The van der Waals surface area contributed by atoms with Crippen LogP contribution in [0.4, 0.5) is 5.69 Å². The molecule has 1 N–H and O–H groups in total. The number of anilines is 1. The molecule has 224 valence electrons. The second-order valence-electron chi connectivity index (χ2n) is 10.2. The van der Waals surface area contributed by atoms with Crippen molar-refractivity contribution in [3.8, 4) is 0 Å². The Kier molecular flexibility index (Phi) is 11.1. The van der Waals surface area contributed by atoms with Crippen LogP contribution >= 0.6 is 46.4 Å². The van der Waals surface area contributed by atoms with Gasteiger partial charge in [0.15, 0.2) is 0 Å². The number of benzene rings is 3. The Bertz CT molecular complexity index is 1510. The molecule has 3 aromatic carbocycles. The summed E-state index contributed by atoms with van der Waals surface area (Å²) in [6, 6.07) is 15.8. The fourth-order valence-electron chi connectivity index (χ4n) is 4.90. The first kappa shape index (κ1) is 32.4. The van der Waals surface area contributed by atoms with Gasteiger partial charge in [0.1, 0.15) is 12.6 Å². The summed E-state index contributed by atoms with van der Waals surface area (Å²) in [5.41, 5.74) is 0.627. The molecule has 42 heavy (non-hydrogen) atoms. The zero-order valence-corrected chi connectivity index (χ0v) is 26.7. The van der Waals surface area contributed by atoms with Gasteiger partial charge in [-0.3, -0.25) is 13.9 Å². The van der Waals surface area contributed by atoms with E-state index in [-0.39, 0.29) is 34.1 Å². The molecule has 0 aliphatic heterocycles. The molecular weight excluding hydrogens is 640 g/mol. The lowest BCUT2D eigenvalue weighted by molar-refractivity contribution is -0.139. The van der Waals surface area contributed by atoms with E-state index in [1.165, 1.54) is 35.2 Å². The number of hydrogen-bond acceptors (Lipinski definition) is 4. The van der Waals surface area contributed by atoms with Crippen molar-refractivity contribution in [3.63, 3.8) is 0 Å². The molecule has 0 saturated heterocycles. The van der Waals surface area contributed by atoms with Crippen molar-refractivity contribution in [1.82, 2.24) is 10.2 Å². The van der Waals surface area contributed by atoms with Crippen LogP contribution in [0.2, 0.25) is 20.1 Å². The number of nitrogens with zero attached hydrogens (tertiary/aromatic N) is 2. The van der Waals surface area contributed by atoms with Gasteiger partial charge in [-0.25, -0.2) is 8.42 Å². The van der Waals surface area contributed by atoms with Crippen LogP contribution in [0.15, 0.2) is 71.6 Å². The lowest BCUT2D eigenvalue weighted by Gasteiger charge is -2.33. The summed E-state index contributed by atoms with van der Waals surface area (Å²) in [6.07, 6.45) is 4.90. The van der Waals surface area contributed by atoms with Gasteiger partial charge in [0.2, 0.25) is 11.8 Å². The molecule has 4 rings (SSSR count).